The summed E-state index contributed by atoms with van der Waals surface area (Å²) in [6.07, 6.45) is 5.04. The number of aromatic nitrogens is 9. The molecule has 2 saturated heterocycles. The number of hydrogen-bond acceptors (Lipinski definition) is 29. The number of anilines is 6. The summed E-state index contributed by atoms with van der Waals surface area (Å²) in [7, 11) is 17.1. The summed E-state index contributed by atoms with van der Waals surface area (Å²) in [5.74, 6) is 7.90. The maximum Gasteiger partial charge on any atom is 0.218 e. The molecule has 0 radical (unpaired) electrons. The largest absolute Gasteiger partial charge is 0.509 e. The van der Waals surface area contributed by atoms with Crippen molar-refractivity contribution >= 4 is 125 Å². The van der Waals surface area contributed by atoms with E-state index in [0.717, 1.165) is 55.9 Å². The van der Waals surface area contributed by atoms with Gasteiger partial charge in [0.1, 0.15) is 110 Å². The molecule has 13 heterocycles. The van der Waals surface area contributed by atoms with Gasteiger partial charge in [0, 0.05) is 116 Å². The molecule has 12 aromatic rings. The molecule has 19 rings (SSSR count). The van der Waals surface area contributed by atoms with Gasteiger partial charge in [-0.1, -0.05) is 60.7 Å². The Bertz CT molecular complexity index is 6360. The van der Waals surface area contributed by atoms with Gasteiger partial charge in [0.25, 0.3) is 0 Å². The highest BCUT2D eigenvalue weighted by molar-refractivity contribution is 6.38. The summed E-state index contributed by atoms with van der Waals surface area (Å²) < 4.78 is 52.6. The van der Waals surface area contributed by atoms with E-state index in [2.05, 4.69) is 66.5 Å². The number of nitrogens with two attached hydrogens (primary N) is 1. The topological polar surface area (TPSA) is 486 Å². The first-order chi connectivity index (χ1) is 63.3. The zero-order chi connectivity index (χ0) is 92.8. The van der Waals surface area contributed by atoms with Gasteiger partial charge in [-0.2, -0.15) is 15.0 Å². The van der Waals surface area contributed by atoms with Crippen LogP contribution in [0.1, 0.15) is 43.3 Å². The van der Waals surface area contributed by atoms with Gasteiger partial charge in [0.2, 0.25) is 29.4 Å². The number of aliphatic hydroxyl groups excluding tert-OH is 3. The molecule has 0 amide bonds. The summed E-state index contributed by atoms with van der Waals surface area (Å²) in [6.45, 7) is 4.34. The standard InChI is InChI=1S/C22H24N4O3.C20H21N5O3.2C18H17N5O3.C16H17N3O3/c1-22(2)20(27)19(16-10-13-8-6-7-9-15(13)24-16)21(23-3)26(22)14-11-17(28-4)25-18(12-14)29-5;1-27-12-7-11(8-13(9-12)28-2)25-16(10-21)18(26)17(19(25)22)20-23-14-5-3-4-6-15(14)24-20;1-25-10-7-14(22-15(8-10)26-2)23-9-13(24)16(17(23)19)18-20-11-5-3-4-6-12(11)21-18;1-25-14-7-10(8-15(22-14)26-2)23-9-13(24)16(17(23)19)18-20-11-5-3-4-6-12(11)21-18;1-21-11-6-10(7-12(8-11)22-2)19-9-14(20)15(16(19)17)13-4-3-5-18-13/h6-9,11-12,24H,10H2,1-5H3;3-9,16,22,26H,10,21H2,1-2H3,(H,23,24);2*3-8,19,24H,9H2,1-2H3,(H,20,21);3,5-8,17-18H,4,9H2,1-2H3. The predicted molar refractivity (Wildman–Crippen MR) is 501 cm³/mol. The van der Waals surface area contributed by atoms with Gasteiger partial charge in [-0.05, 0) is 68.1 Å². The number of pyridine rings is 3. The highest BCUT2D eigenvalue weighted by Gasteiger charge is 2.51. The van der Waals surface area contributed by atoms with Crippen LogP contribution in [0.25, 0.3) is 49.8 Å². The van der Waals surface area contributed by atoms with Crippen LogP contribution in [0.5, 0.6) is 58.1 Å². The summed E-state index contributed by atoms with van der Waals surface area (Å²) in [4.78, 5) is 74.5. The Balaban J connectivity index is 0.000000126. The lowest BCUT2D eigenvalue weighted by Crippen LogP contribution is -2.44. The minimum atomic E-state index is -0.828. The molecule has 1 unspecified atom stereocenters. The molecule has 0 saturated carbocycles. The monoisotopic (exact) mass is 1770 g/mol. The van der Waals surface area contributed by atoms with Crippen LogP contribution >= 0.6 is 0 Å². The molecule has 0 aliphatic carbocycles. The van der Waals surface area contributed by atoms with E-state index in [-0.39, 0.29) is 78.4 Å². The molecule has 1 atom stereocenters. The quantitative estimate of drug-likeness (QED) is 0.0334. The van der Waals surface area contributed by atoms with E-state index in [9.17, 15) is 24.9 Å². The highest BCUT2D eigenvalue weighted by Crippen LogP contribution is 2.45. The number of ketones is 2. The molecule has 131 heavy (non-hydrogen) atoms. The van der Waals surface area contributed by atoms with Crippen molar-refractivity contribution in [1.29, 1.82) is 21.6 Å². The van der Waals surface area contributed by atoms with Crippen molar-refractivity contribution in [1.82, 2.24) is 50.2 Å². The Labute approximate surface area is 751 Å². The molecular formula is C94H96N22O15. The molecule has 6 aromatic carbocycles. The maximum absolute atomic E-state index is 13.5. The third kappa shape index (κ3) is 17.6. The fourth-order valence-corrected chi connectivity index (χ4v) is 15.9. The number of nitrogens with zero attached hydrogens (tertiary/aromatic N) is 12. The van der Waals surface area contributed by atoms with E-state index in [0.29, 0.717) is 145 Å². The SMILES string of the molecule is CN=C1C(=C2Cc3ccccc3N2)C(=O)C(C)(C)N1c1cc(OC)nc(OC)c1.COc1cc(N2CC(O)=C(c3nc4ccccc4[nH]3)C2=N)cc(OC)n1.COc1cc(OC)cc(N2C(=N)C(c3nc4ccccc4[nH]3)=C(O)C2CN)c1.COc1cc(OC)cc(N2CC(=O)C(=C3CC=CN3)C2=N)c1.COc1cc(OC)nc(N2CC(O)=C(c3nc4ccccc4[nH]3)C2=N)c1. The van der Waals surface area contributed by atoms with E-state index >= 15 is 0 Å². The van der Waals surface area contributed by atoms with Crippen LogP contribution in [0.2, 0.25) is 0 Å². The van der Waals surface area contributed by atoms with Crippen molar-refractivity contribution in [3.8, 4) is 58.1 Å². The summed E-state index contributed by atoms with van der Waals surface area (Å²) in [5, 5.41) is 72.4. The molecule has 6 aromatic heterocycles. The Kier molecular flexibility index (Phi) is 25.7. The molecule has 37 heteroatoms. The first-order valence-corrected chi connectivity index (χ1v) is 41.0. The molecule has 7 aliphatic heterocycles. The minimum absolute atomic E-state index is 0.00772. The van der Waals surface area contributed by atoms with Crippen molar-refractivity contribution in [3.05, 3.63) is 245 Å². The third-order valence-corrected chi connectivity index (χ3v) is 22.4. The Hall–Kier alpha value is -16.7. The lowest BCUT2D eigenvalue weighted by Gasteiger charge is -2.31. The Morgan fingerprint density at radius 2 is 0.885 bits per heavy atom. The van der Waals surface area contributed by atoms with Gasteiger partial charge in [-0.15, -0.1) is 0 Å². The summed E-state index contributed by atoms with van der Waals surface area (Å²) >= 11 is 0. The molecule has 0 bridgehead atoms. The lowest BCUT2D eigenvalue weighted by atomic mass is 9.96. The van der Waals surface area contributed by atoms with Crippen molar-refractivity contribution < 1.29 is 72.3 Å². The van der Waals surface area contributed by atoms with Crippen molar-refractivity contribution in [2.24, 2.45) is 10.7 Å². The number of para-hydroxylation sites is 7. The van der Waals surface area contributed by atoms with Crippen LogP contribution in [0.15, 0.2) is 227 Å². The second kappa shape index (κ2) is 37.8. The molecule has 7 aliphatic rings. The summed E-state index contributed by atoms with van der Waals surface area (Å²) in [6, 6.07) is 51.1. The minimum Gasteiger partial charge on any atom is -0.509 e. The number of Topliss-reactive ketones (excluding diaryl/α,β-unsaturated/α-hetero) is 2. The number of H-pyrrole nitrogens is 3. The number of hydrogen-bond donors (Lipinski definition) is 13. The number of ether oxygens (including phenoxy) is 10. The Morgan fingerprint density at radius 3 is 1.35 bits per heavy atom. The van der Waals surface area contributed by atoms with Crippen LogP contribution < -0.4 is 88.2 Å². The van der Waals surface area contributed by atoms with Gasteiger partial charge < -0.3 is 119 Å². The van der Waals surface area contributed by atoms with E-state index in [4.69, 9.17) is 74.7 Å². The number of carbonyl (C=O) groups is 2. The second-order valence-electron chi connectivity index (χ2n) is 30.5. The molecule has 2 fully saturated rings. The molecule has 37 nitrogen and oxygen atoms in total. The predicted octanol–water partition coefficient (Wildman–Crippen LogP) is 13.2. The fraction of sp³-hybridized carbons (Fsp3) is 0.223. The molecule has 0 spiro atoms. The van der Waals surface area contributed by atoms with Gasteiger partial charge in [0.05, 0.1) is 174 Å². The number of methoxy groups -OCH3 is 10. The fourth-order valence-electron chi connectivity index (χ4n) is 15.9. The number of imidazole rings is 3. The van der Waals surface area contributed by atoms with E-state index in [1.807, 2.05) is 116 Å². The van der Waals surface area contributed by atoms with E-state index in [1.54, 1.807) is 155 Å². The molecule has 14 N–H and O–H groups in total. The second-order valence-corrected chi connectivity index (χ2v) is 30.5. The average molecular weight is 1770 g/mol. The first-order valence-electron chi connectivity index (χ1n) is 41.0. The number of fused-ring (bicyclic) bond motifs is 4. The van der Waals surface area contributed by atoms with Crippen LogP contribution in [-0.4, -0.2) is 217 Å². The van der Waals surface area contributed by atoms with Gasteiger partial charge in [-0.25, -0.2) is 15.0 Å². The smallest absolute Gasteiger partial charge is 0.218 e. The third-order valence-electron chi connectivity index (χ3n) is 22.4. The van der Waals surface area contributed by atoms with Crippen LogP contribution in [-0.2, 0) is 16.0 Å². The molecular weight excluding hydrogens is 1680 g/mol. The number of aliphatic hydroxyl groups is 3. The van der Waals surface area contributed by atoms with Crippen molar-refractivity contribution in [2.45, 2.75) is 38.3 Å². The van der Waals surface area contributed by atoms with Gasteiger partial charge in [-0.3, -0.25) is 36.2 Å². The van der Waals surface area contributed by atoms with Crippen LogP contribution in [0.3, 0.4) is 0 Å². The number of benzene rings is 6. The van der Waals surface area contributed by atoms with E-state index < -0.39 is 11.6 Å². The number of carbonyl (C=O) groups excluding carboxylic acids is 2. The number of allylic oxidation sites excluding steroid dienone is 2. The van der Waals surface area contributed by atoms with Crippen molar-refractivity contribution in [2.75, 3.05) is 134 Å². The maximum atomic E-state index is 13.5. The number of nitrogens with one attached hydrogen (secondary N) is 9. The van der Waals surface area contributed by atoms with Gasteiger partial charge in [0.15, 0.2) is 11.6 Å². The number of rotatable bonds is 19. The number of amidine groups is 5. The summed E-state index contributed by atoms with van der Waals surface area (Å²) in [5.41, 5.74) is 18.6. The number of aromatic amines is 3. The van der Waals surface area contributed by atoms with Crippen LogP contribution in [0, 0.1) is 21.6 Å². The Morgan fingerprint density at radius 1 is 0.458 bits per heavy atom. The zero-order valence-corrected chi connectivity index (χ0v) is 73.8. The highest BCUT2D eigenvalue weighted by atomic mass is 16.5. The average Bonchev–Trinajstić information content (AvgIpc) is 1.57. The van der Waals surface area contributed by atoms with Crippen LogP contribution in [0.4, 0.5) is 34.3 Å². The molecule has 672 valence electrons. The van der Waals surface area contributed by atoms with E-state index in [1.165, 1.54) is 26.9 Å². The lowest BCUT2D eigenvalue weighted by molar-refractivity contribution is -0.118. The zero-order valence-electron chi connectivity index (χ0n) is 73.8. The van der Waals surface area contributed by atoms with Crippen molar-refractivity contribution in [3.63, 3.8) is 0 Å². The number of aliphatic imine (C=N–C) groups is 1. The first kappa shape index (κ1) is 89.1. The normalized spacial score (nSPS) is 17.5. The van der Waals surface area contributed by atoms with Gasteiger partial charge >= 0.3 is 0 Å².